The fourth-order valence-corrected chi connectivity index (χ4v) is 6.95. The molecule has 0 spiro atoms. The van der Waals surface area contributed by atoms with Crippen molar-refractivity contribution in [2.75, 3.05) is 11.1 Å². The highest BCUT2D eigenvalue weighted by molar-refractivity contribution is 7.99. The van der Waals surface area contributed by atoms with Gasteiger partial charge in [-0.25, -0.2) is 0 Å². The van der Waals surface area contributed by atoms with Crippen LogP contribution < -0.4 is 5.32 Å². The normalized spacial score (nSPS) is 17.9. The number of amides is 1. The Morgan fingerprint density at radius 2 is 2.26 bits per heavy atom. The van der Waals surface area contributed by atoms with Gasteiger partial charge in [0.1, 0.15) is 16.9 Å². The van der Waals surface area contributed by atoms with Gasteiger partial charge >= 0.3 is 0 Å². The van der Waals surface area contributed by atoms with Crippen molar-refractivity contribution in [3.05, 3.63) is 44.2 Å². The molecule has 9 heteroatoms. The van der Waals surface area contributed by atoms with Crippen LogP contribution in [0, 0.1) is 17.2 Å². The third-order valence-corrected chi connectivity index (χ3v) is 8.76. The van der Waals surface area contributed by atoms with Crippen molar-refractivity contribution in [1.82, 2.24) is 14.8 Å². The number of nitriles is 1. The number of carbonyl (C=O) groups excluding carboxylic acids is 1. The highest BCUT2D eigenvalue weighted by atomic mass is 32.2. The zero-order chi connectivity index (χ0) is 21.4. The summed E-state index contributed by atoms with van der Waals surface area (Å²) in [4.78, 5) is 15.2. The van der Waals surface area contributed by atoms with Crippen molar-refractivity contribution in [2.45, 2.75) is 56.6 Å². The lowest BCUT2D eigenvalue weighted by molar-refractivity contribution is -0.113. The second-order valence-corrected chi connectivity index (χ2v) is 11.3. The van der Waals surface area contributed by atoms with Crippen molar-refractivity contribution in [3.63, 3.8) is 0 Å². The molecule has 0 radical (unpaired) electrons. The maximum Gasteiger partial charge on any atom is 0.235 e. The number of thioether (sulfide) groups is 1. The van der Waals surface area contributed by atoms with Crippen LogP contribution in [0.5, 0.6) is 0 Å². The van der Waals surface area contributed by atoms with E-state index in [4.69, 9.17) is 0 Å². The number of nitrogens with one attached hydrogen (secondary N) is 1. The molecule has 1 saturated carbocycles. The van der Waals surface area contributed by atoms with Crippen molar-refractivity contribution in [1.29, 1.82) is 5.26 Å². The van der Waals surface area contributed by atoms with Crippen LogP contribution in [0.25, 0.3) is 0 Å². The van der Waals surface area contributed by atoms with Gasteiger partial charge in [0.2, 0.25) is 5.91 Å². The number of carbonyl (C=O) groups is 1. The van der Waals surface area contributed by atoms with Gasteiger partial charge in [-0.15, -0.1) is 32.9 Å². The fourth-order valence-electron chi connectivity index (χ4n) is 4.04. The summed E-state index contributed by atoms with van der Waals surface area (Å²) >= 11 is 4.72. The van der Waals surface area contributed by atoms with Crippen LogP contribution in [0.1, 0.15) is 58.9 Å². The molecule has 1 amide bonds. The van der Waals surface area contributed by atoms with Crippen LogP contribution in [0.15, 0.2) is 22.7 Å². The average molecular weight is 470 g/mol. The molecular formula is C22H23N5OS3. The van der Waals surface area contributed by atoms with Gasteiger partial charge in [0.15, 0.2) is 5.16 Å². The summed E-state index contributed by atoms with van der Waals surface area (Å²) in [5.41, 5.74) is 1.80. The molecule has 1 fully saturated rings. The molecule has 31 heavy (non-hydrogen) atoms. The standard InChI is InChI=1S/C22H23N5OS3/c1-13-4-7-16-17(11-23)21(31-18(16)9-13)24-20(28)12-30-22-26-25-19(27(22)14-5-6-14)10-15-3-2-8-29-15/h2-3,8,13-14H,4-7,9-10,12H2,1H3,(H,24,28)/t13-/m1/s1. The van der Waals surface area contributed by atoms with Crippen LogP contribution in [-0.4, -0.2) is 26.4 Å². The number of nitrogens with zero attached hydrogens (tertiary/aromatic N) is 4. The molecule has 2 aliphatic carbocycles. The Morgan fingerprint density at radius 1 is 1.39 bits per heavy atom. The van der Waals surface area contributed by atoms with Gasteiger partial charge in [-0.3, -0.25) is 4.79 Å². The van der Waals surface area contributed by atoms with Gasteiger partial charge in [-0.2, -0.15) is 5.26 Å². The summed E-state index contributed by atoms with van der Waals surface area (Å²) < 4.78 is 2.21. The minimum Gasteiger partial charge on any atom is -0.316 e. The topological polar surface area (TPSA) is 83.6 Å². The number of anilines is 1. The van der Waals surface area contributed by atoms with Gasteiger partial charge < -0.3 is 9.88 Å². The lowest BCUT2D eigenvalue weighted by atomic mass is 9.89. The Hall–Kier alpha value is -2.15. The van der Waals surface area contributed by atoms with Crippen LogP contribution in [-0.2, 0) is 24.1 Å². The predicted molar refractivity (Wildman–Crippen MR) is 125 cm³/mol. The third kappa shape index (κ3) is 4.43. The van der Waals surface area contributed by atoms with Crippen LogP contribution in [0.2, 0.25) is 0 Å². The number of fused-ring (bicyclic) bond motifs is 1. The first-order valence-corrected chi connectivity index (χ1v) is 13.2. The molecule has 2 aliphatic rings. The van der Waals surface area contributed by atoms with Gasteiger partial charge in [-0.05, 0) is 55.0 Å². The Labute approximate surface area is 193 Å². The summed E-state index contributed by atoms with van der Waals surface area (Å²) in [5.74, 6) is 1.76. The second-order valence-electron chi connectivity index (χ2n) is 8.26. The van der Waals surface area contributed by atoms with E-state index in [1.165, 1.54) is 21.5 Å². The van der Waals surface area contributed by atoms with Crippen molar-refractivity contribution in [3.8, 4) is 6.07 Å². The molecule has 160 valence electrons. The number of rotatable bonds is 7. The maximum absolute atomic E-state index is 12.7. The zero-order valence-electron chi connectivity index (χ0n) is 17.3. The van der Waals surface area contributed by atoms with E-state index in [-0.39, 0.29) is 11.7 Å². The summed E-state index contributed by atoms with van der Waals surface area (Å²) in [6.45, 7) is 2.24. The minimum absolute atomic E-state index is 0.0988. The largest absolute Gasteiger partial charge is 0.316 e. The van der Waals surface area contributed by atoms with Crippen LogP contribution in [0.3, 0.4) is 0 Å². The van der Waals surface area contributed by atoms with E-state index in [9.17, 15) is 10.1 Å². The van der Waals surface area contributed by atoms with Crippen LogP contribution in [0.4, 0.5) is 5.00 Å². The number of hydrogen-bond acceptors (Lipinski definition) is 7. The van der Waals surface area contributed by atoms with E-state index in [0.29, 0.717) is 22.5 Å². The van der Waals surface area contributed by atoms with E-state index in [2.05, 4.69) is 50.6 Å². The Bertz CT molecular complexity index is 1140. The molecule has 5 rings (SSSR count). The van der Waals surface area contributed by atoms with Crippen molar-refractivity contribution in [2.24, 2.45) is 5.92 Å². The smallest absolute Gasteiger partial charge is 0.235 e. The molecule has 0 aliphatic heterocycles. The number of thiophene rings is 2. The van der Waals surface area contributed by atoms with E-state index in [1.807, 2.05) is 0 Å². The molecule has 0 bridgehead atoms. The summed E-state index contributed by atoms with van der Waals surface area (Å²) in [7, 11) is 0. The van der Waals surface area contributed by atoms with Crippen molar-refractivity contribution >= 4 is 45.3 Å². The maximum atomic E-state index is 12.7. The van der Waals surface area contributed by atoms with E-state index >= 15 is 0 Å². The molecule has 0 saturated heterocycles. The Kier molecular flexibility index (Phi) is 5.87. The van der Waals surface area contributed by atoms with E-state index < -0.39 is 0 Å². The fraction of sp³-hybridized carbons (Fsp3) is 0.455. The molecule has 3 aromatic rings. The number of aromatic nitrogens is 3. The van der Waals surface area contributed by atoms with Crippen LogP contribution >= 0.6 is 34.4 Å². The molecule has 0 aromatic carbocycles. The molecule has 0 unspecified atom stereocenters. The molecular weight excluding hydrogens is 446 g/mol. The van der Waals surface area contributed by atoms with Gasteiger partial charge in [0.05, 0.1) is 11.3 Å². The van der Waals surface area contributed by atoms with Gasteiger partial charge in [0, 0.05) is 22.2 Å². The van der Waals surface area contributed by atoms with Gasteiger partial charge in [-0.1, -0.05) is 24.8 Å². The molecule has 6 nitrogen and oxygen atoms in total. The molecule has 1 atom stereocenters. The quantitative estimate of drug-likeness (QED) is 0.489. The second kappa shape index (κ2) is 8.77. The monoisotopic (exact) mass is 469 g/mol. The molecule has 3 heterocycles. The number of hydrogen-bond donors (Lipinski definition) is 1. The first-order valence-electron chi connectivity index (χ1n) is 10.6. The summed E-state index contributed by atoms with van der Waals surface area (Å²) in [5, 5.41) is 25.0. The summed E-state index contributed by atoms with van der Waals surface area (Å²) in [6, 6.07) is 6.94. The van der Waals surface area contributed by atoms with E-state index in [0.717, 1.165) is 55.1 Å². The Balaban J connectivity index is 1.27. The minimum atomic E-state index is -0.0988. The SMILES string of the molecule is C[C@@H]1CCc2c(sc(NC(=O)CSc3nnc(Cc4cccs4)n3C3CC3)c2C#N)C1. The predicted octanol–water partition coefficient (Wildman–Crippen LogP) is 5.05. The van der Waals surface area contributed by atoms with E-state index in [1.54, 1.807) is 22.7 Å². The van der Waals surface area contributed by atoms with Gasteiger partial charge in [0.25, 0.3) is 0 Å². The molecule has 1 N–H and O–H groups in total. The third-order valence-electron chi connectivity index (χ3n) is 5.77. The average Bonchev–Trinajstić information content (AvgIpc) is 3.16. The zero-order valence-corrected chi connectivity index (χ0v) is 19.7. The highest BCUT2D eigenvalue weighted by Crippen LogP contribution is 2.40. The lowest BCUT2D eigenvalue weighted by Crippen LogP contribution is -2.15. The Morgan fingerprint density at radius 3 is 3.00 bits per heavy atom. The summed E-state index contributed by atoms with van der Waals surface area (Å²) in [6.07, 6.45) is 6.08. The molecule has 3 aromatic heterocycles. The first-order chi connectivity index (χ1) is 15.1. The van der Waals surface area contributed by atoms with Crippen molar-refractivity contribution < 1.29 is 4.79 Å². The highest BCUT2D eigenvalue weighted by Gasteiger charge is 2.30. The lowest BCUT2D eigenvalue weighted by Gasteiger charge is -2.17. The first kappa shape index (κ1) is 20.7.